The first-order valence-corrected chi connectivity index (χ1v) is 9.66. The van der Waals surface area contributed by atoms with Crippen LogP contribution >= 0.6 is 0 Å². The summed E-state index contributed by atoms with van der Waals surface area (Å²) in [6, 6.07) is 11.6. The maximum Gasteiger partial charge on any atom is 0.254 e. The number of benzene rings is 2. The van der Waals surface area contributed by atoms with Crippen LogP contribution in [0.4, 0.5) is 5.69 Å². The van der Waals surface area contributed by atoms with Crippen LogP contribution in [0.2, 0.25) is 0 Å². The molecule has 0 heterocycles. The van der Waals surface area contributed by atoms with Crippen LogP contribution in [0.15, 0.2) is 53.4 Å². The van der Waals surface area contributed by atoms with Crippen molar-refractivity contribution in [3.05, 3.63) is 54.1 Å². The lowest BCUT2D eigenvalue weighted by atomic mass is 10.2. The first-order valence-electron chi connectivity index (χ1n) is 8.17. The lowest BCUT2D eigenvalue weighted by molar-refractivity contribution is -0.115. The molecule has 0 aliphatic heterocycles. The normalized spacial score (nSPS) is 11.0. The third-order valence-electron chi connectivity index (χ3n) is 3.80. The quantitative estimate of drug-likeness (QED) is 0.617. The molecular formula is C18H21N3O5S. The summed E-state index contributed by atoms with van der Waals surface area (Å²) in [5.41, 5.74) is 0.449. The molecular weight excluding hydrogens is 370 g/mol. The van der Waals surface area contributed by atoms with E-state index in [0.717, 1.165) is 0 Å². The first kappa shape index (κ1) is 20.4. The number of aromatic hydroxyl groups is 1. The predicted molar refractivity (Wildman–Crippen MR) is 101 cm³/mol. The molecule has 0 bridgehead atoms. The number of rotatable bonds is 7. The summed E-state index contributed by atoms with van der Waals surface area (Å²) in [5.74, 6) is -0.960. The van der Waals surface area contributed by atoms with Crippen molar-refractivity contribution in [2.24, 2.45) is 0 Å². The van der Waals surface area contributed by atoms with Gasteiger partial charge in [-0.15, -0.1) is 0 Å². The van der Waals surface area contributed by atoms with Crippen molar-refractivity contribution in [1.29, 1.82) is 0 Å². The molecule has 0 unspecified atom stereocenters. The van der Waals surface area contributed by atoms with E-state index < -0.39 is 28.4 Å². The second-order valence-electron chi connectivity index (χ2n) is 5.74. The van der Waals surface area contributed by atoms with Crippen molar-refractivity contribution in [3.63, 3.8) is 0 Å². The highest BCUT2D eigenvalue weighted by atomic mass is 32.2. The number of nitrogens with one attached hydrogen (secondary N) is 2. The third kappa shape index (κ3) is 5.28. The van der Waals surface area contributed by atoms with Gasteiger partial charge in [-0.1, -0.05) is 12.1 Å². The van der Waals surface area contributed by atoms with Crippen molar-refractivity contribution in [2.45, 2.75) is 11.8 Å². The van der Waals surface area contributed by atoms with E-state index in [0.29, 0.717) is 12.2 Å². The molecule has 27 heavy (non-hydrogen) atoms. The third-order valence-corrected chi connectivity index (χ3v) is 5.26. The second-order valence-corrected chi connectivity index (χ2v) is 7.47. The van der Waals surface area contributed by atoms with Crippen LogP contribution < -0.4 is 10.0 Å². The molecule has 144 valence electrons. The maximum absolute atomic E-state index is 12.6. The SMILES string of the molecule is CCN(C)C(=O)c1ccccc1S(=O)(=O)NCC(=O)Nc1ccc(O)cc1. The van der Waals surface area contributed by atoms with Gasteiger partial charge in [0.05, 0.1) is 17.0 Å². The molecule has 0 aliphatic carbocycles. The fourth-order valence-corrected chi connectivity index (χ4v) is 3.39. The number of hydrogen-bond acceptors (Lipinski definition) is 5. The summed E-state index contributed by atoms with van der Waals surface area (Å²) < 4.78 is 27.3. The monoisotopic (exact) mass is 391 g/mol. The van der Waals surface area contributed by atoms with E-state index in [1.54, 1.807) is 20.0 Å². The Kier molecular flexibility index (Phi) is 6.54. The van der Waals surface area contributed by atoms with E-state index in [9.17, 15) is 23.1 Å². The molecule has 0 saturated heterocycles. The maximum atomic E-state index is 12.6. The number of carbonyl (C=O) groups excluding carboxylic acids is 2. The van der Waals surface area contributed by atoms with Crippen molar-refractivity contribution < 1.29 is 23.1 Å². The van der Waals surface area contributed by atoms with Gasteiger partial charge in [-0.25, -0.2) is 13.1 Å². The molecule has 2 rings (SSSR count). The summed E-state index contributed by atoms with van der Waals surface area (Å²) in [7, 11) is -2.50. The molecule has 0 saturated carbocycles. The van der Waals surface area contributed by atoms with Gasteiger partial charge in [0.15, 0.2) is 0 Å². The molecule has 2 aromatic carbocycles. The van der Waals surface area contributed by atoms with E-state index in [2.05, 4.69) is 10.0 Å². The first-order chi connectivity index (χ1) is 12.7. The van der Waals surface area contributed by atoms with E-state index in [4.69, 9.17) is 0 Å². The summed E-state index contributed by atoms with van der Waals surface area (Å²) in [5, 5.41) is 11.7. The minimum atomic E-state index is -4.07. The molecule has 0 spiro atoms. The van der Waals surface area contributed by atoms with Gasteiger partial charge in [-0.3, -0.25) is 9.59 Å². The van der Waals surface area contributed by atoms with Gasteiger partial charge in [-0.05, 0) is 43.3 Å². The Bertz CT molecular complexity index is 926. The average molecular weight is 391 g/mol. The Morgan fingerprint density at radius 2 is 1.70 bits per heavy atom. The van der Waals surface area contributed by atoms with Gasteiger partial charge in [0, 0.05) is 19.3 Å². The van der Waals surface area contributed by atoms with Crippen LogP contribution in [0.3, 0.4) is 0 Å². The topological polar surface area (TPSA) is 116 Å². The largest absolute Gasteiger partial charge is 0.508 e. The van der Waals surface area contributed by atoms with E-state index >= 15 is 0 Å². The smallest absolute Gasteiger partial charge is 0.254 e. The van der Waals surface area contributed by atoms with E-state index in [1.807, 2.05) is 0 Å². The van der Waals surface area contributed by atoms with Gasteiger partial charge in [0.1, 0.15) is 5.75 Å². The zero-order chi connectivity index (χ0) is 20.0. The Hall–Kier alpha value is -2.91. The van der Waals surface area contributed by atoms with Crippen molar-refractivity contribution >= 4 is 27.5 Å². The Morgan fingerprint density at radius 1 is 1.07 bits per heavy atom. The number of sulfonamides is 1. The zero-order valence-corrected chi connectivity index (χ0v) is 15.8. The highest BCUT2D eigenvalue weighted by Gasteiger charge is 2.24. The molecule has 0 radical (unpaired) electrons. The fraction of sp³-hybridized carbons (Fsp3) is 0.222. The molecule has 2 amide bonds. The molecule has 3 N–H and O–H groups in total. The molecule has 0 aromatic heterocycles. The van der Waals surface area contributed by atoms with Gasteiger partial charge < -0.3 is 15.3 Å². The van der Waals surface area contributed by atoms with E-state index in [1.165, 1.54) is 47.4 Å². The summed E-state index contributed by atoms with van der Waals surface area (Å²) in [6.45, 7) is 1.70. The number of hydrogen-bond donors (Lipinski definition) is 3. The van der Waals surface area contributed by atoms with Gasteiger partial charge in [-0.2, -0.15) is 0 Å². The van der Waals surface area contributed by atoms with Gasteiger partial charge in [0.25, 0.3) is 5.91 Å². The average Bonchev–Trinajstić information content (AvgIpc) is 2.67. The highest BCUT2D eigenvalue weighted by Crippen LogP contribution is 2.17. The molecule has 0 atom stereocenters. The van der Waals surface area contributed by atoms with Crippen LogP contribution in [0, 0.1) is 0 Å². The Balaban J connectivity index is 2.11. The van der Waals surface area contributed by atoms with Crippen molar-refractivity contribution in [2.75, 3.05) is 25.5 Å². The van der Waals surface area contributed by atoms with E-state index in [-0.39, 0.29) is 16.2 Å². The zero-order valence-electron chi connectivity index (χ0n) is 15.0. The van der Waals surface area contributed by atoms with Crippen LogP contribution in [-0.2, 0) is 14.8 Å². The second kappa shape index (κ2) is 8.65. The number of nitrogens with zero attached hydrogens (tertiary/aromatic N) is 1. The lowest BCUT2D eigenvalue weighted by Crippen LogP contribution is -2.35. The van der Waals surface area contributed by atoms with Crippen molar-refractivity contribution in [1.82, 2.24) is 9.62 Å². The Labute approximate surface area is 157 Å². The molecule has 0 fully saturated rings. The Morgan fingerprint density at radius 3 is 2.33 bits per heavy atom. The summed E-state index contributed by atoms with van der Waals surface area (Å²) in [6.07, 6.45) is 0. The van der Waals surface area contributed by atoms with Crippen LogP contribution in [0.1, 0.15) is 17.3 Å². The van der Waals surface area contributed by atoms with Crippen LogP contribution in [-0.4, -0.2) is 50.4 Å². The molecule has 2 aromatic rings. The number of phenols is 1. The predicted octanol–water partition coefficient (Wildman–Crippen LogP) is 1.40. The molecule has 9 heteroatoms. The van der Waals surface area contributed by atoms with Crippen molar-refractivity contribution in [3.8, 4) is 5.75 Å². The molecule has 8 nitrogen and oxygen atoms in total. The minimum Gasteiger partial charge on any atom is -0.508 e. The lowest BCUT2D eigenvalue weighted by Gasteiger charge is -2.17. The fourth-order valence-electron chi connectivity index (χ4n) is 2.22. The number of carbonyl (C=O) groups is 2. The summed E-state index contributed by atoms with van der Waals surface area (Å²) >= 11 is 0. The van der Waals surface area contributed by atoms with Gasteiger partial charge in [0.2, 0.25) is 15.9 Å². The standard InChI is InChI=1S/C18H21N3O5S/c1-3-21(2)18(24)15-6-4-5-7-16(15)27(25,26)19-12-17(23)20-13-8-10-14(22)11-9-13/h4-11,19,22H,3,12H2,1-2H3,(H,20,23). The minimum absolute atomic E-state index is 0.0355. The molecule has 0 aliphatic rings. The number of anilines is 1. The number of amides is 2. The van der Waals surface area contributed by atoms with Crippen LogP contribution in [0.5, 0.6) is 5.75 Å². The summed E-state index contributed by atoms with van der Waals surface area (Å²) in [4.78, 5) is 25.6. The van der Waals surface area contributed by atoms with Gasteiger partial charge >= 0.3 is 0 Å². The number of phenolic OH excluding ortho intramolecular Hbond substituents is 1. The van der Waals surface area contributed by atoms with Crippen LogP contribution in [0.25, 0.3) is 0 Å². The highest BCUT2D eigenvalue weighted by molar-refractivity contribution is 7.89.